The fraction of sp³-hybridized carbons (Fsp3) is 1.00. The van der Waals surface area contributed by atoms with Gasteiger partial charge >= 0.3 is 0 Å². The van der Waals surface area contributed by atoms with Crippen molar-refractivity contribution in [2.45, 2.75) is 47.0 Å². The van der Waals surface area contributed by atoms with Gasteiger partial charge in [0.15, 0.2) is 0 Å². The van der Waals surface area contributed by atoms with Gasteiger partial charge in [-0.15, -0.1) is 0 Å². The van der Waals surface area contributed by atoms with Gasteiger partial charge in [-0.2, -0.15) is 0 Å². The van der Waals surface area contributed by atoms with E-state index in [-0.39, 0.29) is 0 Å². The van der Waals surface area contributed by atoms with Crippen LogP contribution in [0.4, 0.5) is 0 Å². The fourth-order valence-corrected chi connectivity index (χ4v) is 1.97. The van der Waals surface area contributed by atoms with Gasteiger partial charge in [0.25, 0.3) is 0 Å². The van der Waals surface area contributed by atoms with E-state index in [2.05, 4.69) is 33.0 Å². The Balaban J connectivity index is 3.75. The molecule has 0 fully saturated rings. The lowest BCUT2D eigenvalue weighted by Crippen LogP contribution is -2.31. The monoisotopic (exact) mass is 215 g/mol. The van der Waals surface area contributed by atoms with Gasteiger partial charge in [0.1, 0.15) is 0 Å². The second-order valence-electron chi connectivity index (χ2n) is 5.31. The first-order chi connectivity index (χ1) is 7.04. The van der Waals surface area contributed by atoms with Crippen LogP contribution in [0.3, 0.4) is 0 Å². The molecule has 0 aromatic heterocycles. The molecule has 0 heterocycles. The molecule has 0 aromatic carbocycles. The maximum Gasteiger partial charge on any atom is 0.0488 e. The highest BCUT2D eigenvalue weighted by Crippen LogP contribution is 2.26. The van der Waals surface area contributed by atoms with Crippen LogP contribution < -0.4 is 5.32 Å². The summed E-state index contributed by atoms with van der Waals surface area (Å²) in [5.74, 6) is 0.645. The number of hydrogen-bond donors (Lipinski definition) is 1. The summed E-state index contributed by atoms with van der Waals surface area (Å²) in [5.41, 5.74) is 0.403. The van der Waals surface area contributed by atoms with Crippen molar-refractivity contribution in [1.29, 1.82) is 0 Å². The molecule has 15 heavy (non-hydrogen) atoms. The number of hydrogen-bond acceptors (Lipinski definition) is 2. The maximum atomic E-state index is 5.66. The molecule has 2 heteroatoms. The van der Waals surface area contributed by atoms with Gasteiger partial charge in [-0.1, -0.05) is 34.1 Å². The molecule has 0 saturated carbocycles. The van der Waals surface area contributed by atoms with Crippen molar-refractivity contribution >= 4 is 0 Å². The van der Waals surface area contributed by atoms with Crippen molar-refractivity contribution in [2.24, 2.45) is 11.3 Å². The molecule has 0 rings (SSSR count). The molecule has 0 spiro atoms. The molecule has 0 aliphatic rings. The van der Waals surface area contributed by atoms with Crippen molar-refractivity contribution in [2.75, 3.05) is 26.8 Å². The van der Waals surface area contributed by atoms with E-state index in [1.54, 1.807) is 0 Å². The average Bonchev–Trinajstić information content (AvgIpc) is 2.13. The summed E-state index contributed by atoms with van der Waals surface area (Å²) < 4.78 is 5.66. The summed E-state index contributed by atoms with van der Waals surface area (Å²) >= 11 is 0. The fourth-order valence-electron chi connectivity index (χ4n) is 1.97. The molecular formula is C13H29NO. The Hall–Kier alpha value is -0.0800. The highest BCUT2D eigenvalue weighted by atomic mass is 16.5. The molecule has 0 amide bonds. The minimum Gasteiger partial charge on any atom is -0.381 e. The molecule has 0 aliphatic heterocycles. The minimum atomic E-state index is 0.403. The van der Waals surface area contributed by atoms with Crippen molar-refractivity contribution in [3.63, 3.8) is 0 Å². The minimum absolute atomic E-state index is 0.403. The third-order valence-electron chi connectivity index (χ3n) is 2.76. The van der Waals surface area contributed by atoms with Crippen molar-refractivity contribution in [3.8, 4) is 0 Å². The van der Waals surface area contributed by atoms with E-state index in [0.717, 1.165) is 26.2 Å². The van der Waals surface area contributed by atoms with Crippen LogP contribution in [0.25, 0.3) is 0 Å². The maximum absolute atomic E-state index is 5.66. The van der Waals surface area contributed by atoms with E-state index in [1.807, 2.05) is 7.05 Å². The SMILES string of the molecule is CCCC(C)(CCOCC(C)C)CNC. The molecule has 0 aromatic rings. The zero-order valence-corrected chi connectivity index (χ0v) is 11.2. The predicted molar refractivity (Wildman–Crippen MR) is 67.2 cm³/mol. The Bertz CT molecular complexity index is 139. The second-order valence-corrected chi connectivity index (χ2v) is 5.31. The Morgan fingerprint density at radius 2 is 1.93 bits per heavy atom. The summed E-state index contributed by atoms with van der Waals surface area (Å²) in [5, 5.41) is 3.29. The van der Waals surface area contributed by atoms with Gasteiger partial charge in [0, 0.05) is 19.8 Å². The van der Waals surface area contributed by atoms with Crippen LogP contribution in [0.5, 0.6) is 0 Å². The molecule has 92 valence electrons. The summed E-state index contributed by atoms with van der Waals surface area (Å²) in [4.78, 5) is 0. The molecule has 0 radical (unpaired) electrons. The molecule has 0 bridgehead atoms. The smallest absolute Gasteiger partial charge is 0.0488 e. The highest BCUT2D eigenvalue weighted by Gasteiger charge is 2.21. The van der Waals surface area contributed by atoms with E-state index in [0.29, 0.717) is 11.3 Å². The van der Waals surface area contributed by atoms with E-state index in [9.17, 15) is 0 Å². The van der Waals surface area contributed by atoms with Crippen LogP contribution in [0.15, 0.2) is 0 Å². The lowest BCUT2D eigenvalue weighted by Gasteiger charge is -2.29. The van der Waals surface area contributed by atoms with Crippen molar-refractivity contribution < 1.29 is 4.74 Å². The number of ether oxygens (including phenoxy) is 1. The summed E-state index contributed by atoms with van der Waals surface area (Å²) in [6.07, 6.45) is 3.69. The van der Waals surface area contributed by atoms with Gasteiger partial charge in [-0.05, 0) is 31.2 Å². The number of nitrogens with one attached hydrogen (secondary N) is 1. The average molecular weight is 215 g/mol. The van der Waals surface area contributed by atoms with E-state index in [4.69, 9.17) is 4.74 Å². The standard InChI is InChI=1S/C13H29NO/c1-6-7-13(4,11-14-5)8-9-15-10-12(2)3/h12,14H,6-11H2,1-5H3. The summed E-state index contributed by atoms with van der Waals surface area (Å²) in [7, 11) is 2.03. The van der Waals surface area contributed by atoms with E-state index in [1.165, 1.54) is 12.8 Å². The largest absolute Gasteiger partial charge is 0.381 e. The third kappa shape index (κ3) is 7.80. The molecule has 1 atom stereocenters. The third-order valence-corrected chi connectivity index (χ3v) is 2.76. The van der Waals surface area contributed by atoms with Crippen molar-refractivity contribution in [1.82, 2.24) is 5.32 Å². The van der Waals surface area contributed by atoms with Crippen LogP contribution in [-0.2, 0) is 4.74 Å². The quantitative estimate of drug-likeness (QED) is 0.597. The Morgan fingerprint density at radius 3 is 2.40 bits per heavy atom. The van der Waals surface area contributed by atoms with Crippen LogP contribution >= 0.6 is 0 Å². The predicted octanol–water partition coefficient (Wildman–Crippen LogP) is 3.07. The van der Waals surface area contributed by atoms with Gasteiger partial charge in [0.05, 0.1) is 0 Å². The first-order valence-electron chi connectivity index (χ1n) is 6.26. The second kappa shape index (κ2) is 8.12. The zero-order valence-electron chi connectivity index (χ0n) is 11.2. The Morgan fingerprint density at radius 1 is 1.27 bits per heavy atom. The van der Waals surface area contributed by atoms with Crippen molar-refractivity contribution in [3.05, 3.63) is 0 Å². The van der Waals surface area contributed by atoms with E-state index < -0.39 is 0 Å². The molecule has 1 unspecified atom stereocenters. The molecular weight excluding hydrogens is 186 g/mol. The van der Waals surface area contributed by atoms with Crippen LogP contribution in [-0.4, -0.2) is 26.8 Å². The van der Waals surface area contributed by atoms with Gasteiger partial charge in [-0.3, -0.25) is 0 Å². The topological polar surface area (TPSA) is 21.3 Å². The Kier molecular flexibility index (Phi) is 8.07. The first-order valence-corrected chi connectivity index (χ1v) is 6.26. The van der Waals surface area contributed by atoms with Gasteiger partial charge in [-0.25, -0.2) is 0 Å². The highest BCUT2D eigenvalue weighted by molar-refractivity contribution is 4.75. The lowest BCUT2D eigenvalue weighted by atomic mass is 9.82. The lowest BCUT2D eigenvalue weighted by molar-refractivity contribution is 0.0779. The van der Waals surface area contributed by atoms with Gasteiger partial charge < -0.3 is 10.1 Å². The Labute approximate surface area is 95.8 Å². The first kappa shape index (κ1) is 14.9. The van der Waals surface area contributed by atoms with Gasteiger partial charge in [0.2, 0.25) is 0 Å². The zero-order chi connectivity index (χ0) is 11.7. The van der Waals surface area contributed by atoms with Crippen LogP contribution in [0, 0.1) is 11.3 Å². The molecule has 1 N–H and O–H groups in total. The molecule has 2 nitrogen and oxygen atoms in total. The summed E-state index contributed by atoms with van der Waals surface area (Å²) in [6.45, 7) is 11.9. The normalized spacial score (nSPS) is 15.6. The van der Waals surface area contributed by atoms with Crippen LogP contribution in [0.2, 0.25) is 0 Å². The van der Waals surface area contributed by atoms with E-state index >= 15 is 0 Å². The molecule has 0 aliphatic carbocycles. The molecule has 0 saturated heterocycles. The number of rotatable bonds is 9. The van der Waals surface area contributed by atoms with Crippen LogP contribution in [0.1, 0.15) is 47.0 Å². The summed E-state index contributed by atoms with van der Waals surface area (Å²) in [6, 6.07) is 0.